The summed E-state index contributed by atoms with van der Waals surface area (Å²) in [5, 5.41) is 5.74. The van der Waals surface area contributed by atoms with Crippen molar-refractivity contribution in [1.82, 2.24) is 5.32 Å². The Labute approximate surface area is 131 Å². The molecule has 0 heterocycles. The lowest BCUT2D eigenvalue weighted by Crippen LogP contribution is -2.38. The van der Waals surface area contributed by atoms with Crippen LogP contribution in [0.15, 0.2) is 24.3 Å². The van der Waals surface area contributed by atoms with E-state index in [9.17, 15) is 9.59 Å². The van der Waals surface area contributed by atoms with E-state index in [-0.39, 0.29) is 0 Å². The first-order chi connectivity index (χ1) is 10.1. The second-order valence-electron chi connectivity index (χ2n) is 5.09. The molecular weight excluding hydrogens is 288 g/mol. The summed E-state index contributed by atoms with van der Waals surface area (Å²) in [6.07, 6.45) is 4.35. The van der Waals surface area contributed by atoms with Crippen molar-refractivity contribution in [2.24, 2.45) is 5.92 Å². The number of nitrogens with one attached hydrogen (secondary N) is 2. The zero-order valence-corrected chi connectivity index (χ0v) is 13.4. The lowest BCUT2D eigenvalue weighted by Gasteiger charge is -2.15. The van der Waals surface area contributed by atoms with Crippen molar-refractivity contribution in [2.75, 3.05) is 11.9 Å². The molecule has 1 aromatic rings. The third-order valence-electron chi connectivity index (χ3n) is 3.38. The number of carbonyl (C=O) groups excluding carboxylic acids is 2. The van der Waals surface area contributed by atoms with Crippen molar-refractivity contribution >= 4 is 29.1 Å². The van der Waals surface area contributed by atoms with Gasteiger partial charge in [0.1, 0.15) is 0 Å². The summed E-state index contributed by atoms with van der Waals surface area (Å²) in [5.74, 6) is -0.847. The van der Waals surface area contributed by atoms with Gasteiger partial charge in [0, 0.05) is 17.3 Å². The Morgan fingerprint density at radius 2 is 2.00 bits per heavy atom. The van der Waals surface area contributed by atoms with E-state index in [0.717, 1.165) is 25.7 Å². The van der Waals surface area contributed by atoms with Gasteiger partial charge in [-0.05, 0) is 30.5 Å². The lowest BCUT2D eigenvalue weighted by molar-refractivity contribution is -0.136. The Kier molecular flexibility index (Phi) is 7.83. The number of halogens is 1. The maximum Gasteiger partial charge on any atom is 0.313 e. The highest BCUT2D eigenvalue weighted by Gasteiger charge is 2.15. The fraction of sp³-hybridized carbons (Fsp3) is 0.500. The van der Waals surface area contributed by atoms with Gasteiger partial charge in [-0.15, -0.1) is 0 Å². The Morgan fingerprint density at radius 1 is 1.24 bits per heavy atom. The van der Waals surface area contributed by atoms with Crippen molar-refractivity contribution in [2.45, 2.75) is 39.5 Å². The van der Waals surface area contributed by atoms with Gasteiger partial charge in [0.05, 0.1) is 0 Å². The molecule has 1 unspecified atom stereocenters. The summed E-state index contributed by atoms with van der Waals surface area (Å²) < 4.78 is 0. The number of hydrogen-bond acceptors (Lipinski definition) is 2. The third kappa shape index (κ3) is 6.63. The Hall–Kier alpha value is -1.55. The molecule has 0 aliphatic carbocycles. The normalized spacial score (nSPS) is 11.8. The number of benzene rings is 1. The predicted molar refractivity (Wildman–Crippen MR) is 86.4 cm³/mol. The zero-order valence-electron chi connectivity index (χ0n) is 12.6. The average molecular weight is 311 g/mol. The Bertz CT molecular complexity index is 477. The topological polar surface area (TPSA) is 58.2 Å². The van der Waals surface area contributed by atoms with E-state index in [4.69, 9.17) is 11.6 Å². The second kappa shape index (κ2) is 9.40. The Balaban J connectivity index is 2.42. The van der Waals surface area contributed by atoms with Gasteiger partial charge in [0.2, 0.25) is 0 Å². The molecule has 0 aliphatic heterocycles. The second-order valence-corrected chi connectivity index (χ2v) is 5.53. The van der Waals surface area contributed by atoms with Crippen LogP contribution in [0.2, 0.25) is 5.02 Å². The van der Waals surface area contributed by atoms with E-state index in [0.29, 0.717) is 23.2 Å². The minimum atomic E-state index is -0.664. The fourth-order valence-electron chi connectivity index (χ4n) is 2.01. The fourth-order valence-corrected chi connectivity index (χ4v) is 2.21. The van der Waals surface area contributed by atoms with E-state index >= 15 is 0 Å². The molecule has 0 aliphatic rings. The largest absolute Gasteiger partial charge is 0.348 e. The molecule has 0 saturated carbocycles. The minimum absolute atomic E-state index is 0.424. The van der Waals surface area contributed by atoms with Gasteiger partial charge < -0.3 is 10.6 Å². The number of carbonyl (C=O) groups is 2. The number of unbranched alkanes of at least 4 members (excludes halogenated alkanes) is 1. The van der Waals surface area contributed by atoms with Gasteiger partial charge in [-0.1, -0.05) is 50.8 Å². The molecule has 1 rings (SSSR count). The van der Waals surface area contributed by atoms with Crippen LogP contribution < -0.4 is 10.6 Å². The van der Waals surface area contributed by atoms with Gasteiger partial charge in [0.25, 0.3) is 0 Å². The molecule has 0 aromatic heterocycles. The molecule has 21 heavy (non-hydrogen) atoms. The number of rotatable bonds is 7. The number of amides is 2. The predicted octanol–water partition coefficient (Wildman–Crippen LogP) is 3.61. The molecule has 0 saturated heterocycles. The van der Waals surface area contributed by atoms with Crippen molar-refractivity contribution in [1.29, 1.82) is 0 Å². The van der Waals surface area contributed by atoms with E-state index in [1.807, 2.05) is 0 Å². The van der Waals surface area contributed by atoms with Crippen LogP contribution in [0.25, 0.3) is 0 Å². The van der Waals surface area contributed by atoms with Gasteiger partial charge >= 0.3 is 11.8 Å². The quantitative estimate of drug-likeness (QED) is 0.756. The number of anilines is 1. The zero-order chi connectivity index (χ0) is 15.7. The lowest BCUT2D eigenvalue weighted by atomic mass is 9.99. The smallest absolute Gasteiger partial charge is 0.313 e. The summed E-state index contributed by atoms with van der Waals surface area (Å²) >= 11 is 5.83. The maximum atomic E-state index is 11.8. The van der Waals surface area contributed by atoms with Gasteiger partial charge in [-0.25, -0.2) is 0 Å². The van der Waals surface area contributed by atoms with Crippen LogP contribution in [-0.2, 0) is 9.59 Å². The van der Waals surface area contributed by atoms with Crippen molar-refractivity contribution in [3.8, 4) is 0 Å². The van der Waals surface area contributed by atoms with Gasteiger partial charge in [0.15, 0.2) is 0 Å². The van der Waals surface area contributed by atoms with Gasteiger partial charge in [-0.3, -0.25) is 9.59 Å². The molecule has 0 radical (unpaired) electrons. The number of hydrogen-bond donors (Lipinski definition) is 2. The summed E-state index contributed by atoms with van der Waals surface area (Å²) in [6, 6.07) is 6.71. The van der Waals surface area contributed by atoms with Crippen LogP contribution in [0.4, 0.5) is 5.69 Å². The van der Waals surface area contributed by atoms with Crippen LogP contribution in [0, 0.1) is 5.92 Å². The standard InChI is InChI=1S/C16H23ClN2O2/c1-3-5-7-12(4-2)11-18-15(20)16(21)19-14-9-6-8-13(17)10-14/h6,8-10,12H,3-5,7,11H2,1-2H3,(H,18,20)(H,19,21). The molecule has 0 spiro atoms. The van der Waals surface area contributed by atoms with E-state index in [1.165, 1.54) is 0 Å². The molecule has 1 aromatic carbocycles. The van der Waals surface area contributed by atoms with E-state index in [2.05, 4.69) is 24.5 Å². The molecule has 2 N–H and O–H groups in total. The van der Waals surface area contributed by atoms with Crippen LogP contribution >= 0.6 is 11.6 Å². The monoisotopic (exact) mass is 310 g/mol. The van der Waals surface area contributed by atoms with Crippen LogP contribution in [0.5, 0.6) is 0 Å². The first-order valence-corrected chi connectivity index (χ1v) is 7.79. The molecule has 0 bridgehead atoms. The summed E-state index contributed by atoms with van der Waals surface area (Å²) in [5.41, 5.74) is 0.515. The van der Waals surface area contributed by atoms with Crippen molar-refractivity contribution in [3.63, 3.8) is 0 Å². The molecule has 2 amide bonds. The van der Waals surface area contributed by atoms with Crippen LogP contribution in [-0.4, -0.2) is 18.4 Å². The molecular formula is C16H23ClN2O2. The highest BCUT2D eigenvalue weighted by molar-refractivity contribution is 6.39. The molecule has 116 valence electrons. The van der Waals surface area contributed by atoms with Crippen molar-refractivity contribution < 1.29 is 9.59 Å². The first-order valence-electron chi connectivity index (χ1n) is 7.41. The van der Waals surface area contributed by atoms with Crippen molar-refractivity contribution in [3.05, 3.63) is 29.3 Å². The molecule has 1 atom stereocenters. The van der Waals surface area contributed by atoms with Gasteiger partial charge in [-0.2, -0.15) is 0 Å². The van der Waals surface area contributed by atoms with E-state index in [1.54, 1.807) is 24.3 Å². The third-order valence-corrected chi connectivity index (χ3v) is 3.62. The minimum Gasteiger partial charge on any atom is -0.348 e. The Morgan fingerprint density at radius 3 is 2.62 bits per heavy atom. The first kappa shape index (κ1) is 17.5. The van der Waals surface area contributed by atoms with Crippen LogP contribution in [0.1, 0.15) is 39.5 Å². The highest BCUT2D eigenvalue weighted by atomic mass is 35.5. The SMILES string of the molecule is CCCCC(CC)CNC(=O)C(=O)Nc1cccc(Cl)c1. The summed E-state index contributed by atoms with van der Waals surface area (Å²) in [7, 11) is 0. The maximum absolute atomic E-state index is 11.8. The average Bonchev–Trinajstić information content (AvgIpc) is 2.47. The summed E-state index contributed by atoms with van der Waals surface area (Å²) in [6.45, 7) is 4.78. The molecule has 4 nitrogen and oxygen atoms in total. The highest BCUT2D eigenvalue weighted by Crippen LogP contribution is 2.15. The van der Waals surface area contributed by atoms with Crippen LogP contribution in [0.3, 0.4) is 0 Å². The molecule has 5 heteroatoms. The van der Waals surface area contributed by atoms with E-state index < -0.39 is 11.8 Å². The summed E-state index contributed by atoms with van der Waals surface area (Å²) in [4.78, 5) is 23.5. The molecule has 0 fully saturated rings.